The summed E-state index contributed by atoms with van der Waals surface area (Å²) >= 11 is 2.88. The predicted octanol–water partition coefficient (Wildman–Crippen LogP) is 4.70. The molecule has 0 atom stereocenters. The Balaban J connectivity index is 1.21. The first-order valence-corrected chi connectivity index (χ1v) is 16.5. The van der Waals surface area contributed by atoms with Crippen molar-refractivity contribution < 1.29 is 19.1 Å². The molecule has 1 aromatic heterocycles. The predicted molar refractivity (Wildman–Crippen MR) is 175 cm³/mol. The second-order valence-electron chi connectivity index (χ2n) is 11.3. The van der Waals surface area contributed by atoms with Gasteiger partial charge in [-0.1, -0.05) is 23.1 Å². The Bertz CT molecular complexity index is 1490. The lowest BCUT2D eigenvalue weighted by Gasteiger charge is -2.38. The molecule has 0 radical (unpaired) electrons. The number of nitrogens with one attached hydrogen (secondary N) is 1. The standard InChI is InChI=1S/C32H40N6O4S2/c1-21(2)35-10-14-37(15-11-35)25-8-6-24(7-9-25)30(40)34-32-33-20-29(44-32)43-28-19-26(27(42-5)18-22(28)3)31(41)38-16-12-36(13-17-38)23(4)39/h6-9,18-21H,10-17H2,1-5H3,(H,33,34,40). The van der Waals surface area contributed by atoms with E-state index >= 15 is 0 Å². The average molecular weight is 637 g/mol. The highest BCUT2D eigenvalue weighted by atomic mass is 32.2. The number of piperazine rings is 2. The maximum absolute atomic E-state index is 13.5. The van der Waals surface area contributed by atoms with Crippen molar-refractivity contribution in [2.24, 2.45) is 0 Å². The summed E-state index contributed by atoms with van der Waals surface area (Å²) in [7, 11) is 1.56. The van der Waals surface area contributed by atoms with E-state index in [1.54, 1.807) is 30.0 Å². The van der Waals surface area contributed by atoms with Crippen molar-refractivity contribution in [2.45, 2.75) is 42.8 Å². The fourth-order valence-electron chi connectivity index (χ4n) is 5.46. The number of hydrogen-bond donors (Lipinski definition) is 1. The summed E-state index contributed by atoms with van der Waals surface area (Å²) in [5.41, 5.74) is 3.16. The maximum Gasteiger partial charge on any atom is 0.257 e. The molecule has 0 bridgehead atoms. The number of amides is 3. The normalized spacial score (nSPS) is 15.9. The number of anilines is 2. The Morgan fingerprint density at radius 3 is 2.23 bits per heavy atom. The van der Waals surface area contributed by atoms with Crippen LogP contribution >= 0.6 is 23.1 Å². The van der Waals surface area contributed by atoms with E-state index in [1.165, 1.54) is 23.1 Å². The third kappa shape index (κ3) is 7.36. The zero-order valence-electron chi connectivity index (χ0n) is 26.0. The van der Waals surface area contributed by atoms with Crippen LogP contribution in [0.25, 0.3) is 0 Å². The molecule has 2 aromatic carbocycles. The van der Waals surface area contributed by atoms with Crippen molar-refractivity contribution in [3.63, 3.8) is 0 Å². The molecule has 1 N–H and O–H groups in total. The molecule has 5 rings (SSSR count). The number of nitrogens with zero attached hydrogens (tertiary/aromatic N) is 5. The van der Waals surface area contributed by atoms with E-state index in [9.17, 15) is 14.4 Å². The van der Waals surface area contributed by atoms with Crippen molar-refractivity contribution in [1.29, 1.82) is 0 Å². The molecule has 44 heavy (non-hydrogen) atoms. The highest BCUT2D eigenvalue weighted by Crippen LogP contribution is 2.38. The summed E-state index contributed by atoms with van der Waals surface area (Å²) < 4.78 is 6.45. The Hall–Kier alpha value is -3.61. The molecule has 0 unspecified atom stereocenters. The number of ether oxygens (including phenoxy) is 1. The summed E-state index contributed by atoms with van der Waals surface area (Å²) in [6.45, 7) is 14.0. The smallest absolute Gasteiger partial charge is 0.257 e. The lowest BCUT2D eigenvalue weighted by atomic mass is 10.1. The van der Waals surface area contributed by atoms with E-state index < -0.39 is 0 Å². The number of carbonyl (C=O) groups excluding carboxylic acids is 3. The minimum atomic E-state index is -0.203. The number of hydrogen-bond acceptors (Lipinski definition) is 9. The number of aromatic nitrogens is 1. The number of carbonyl (C=O) groups is 3. The van der Waals surface area contributed by atoms with Gasteiger partial charge in [-0.3, -0.25) is 24.6 Å². The monoisotopic (exact) mass is 636 g/mol. The summed E-state index contributed by atoms with van der Waals surface area (Å²) in [4.78, 5) is 51.8. The fourth-order valence-corrected chi connectivity index (χ4v) is 7.40. The van der Waals surface area contributed by atoms with Gasteiger partial charge >= 0.3 is 0 Å². The van der Waals surface area contributed by atoms with Gasteiger partial charge in [-0.25, -0.2) is 4.98 Å². The van der Waals surface area contributed by atoms with E-state index in [0.29, 0.717) is 54.2 Å². The van der Waals surface area contributed by atoms with E-state index in [1.807, 2.05) is 43.3 Å². The van der Waals surface area contributed by atoms with Crippen molar-refractivity contribution in [3.8, 4) is 5.75 Å². The second kappa shape index (κ2) is 14.0. The first-order valence-electron chi connectivity index (χ1n) is 14.9. The SMILES string of the molecule is COc1cc(C)c(Sc2cnc(NC(=O)c3ccc(N4CCN(C(C)C)CC4)cc3)s2)cc1C(=O)N1CCN(C(C)=O)CC1. The molecule has 0 aliphatic carbocycles. The fraction of sp³-hybridized carbons (Fsp3) is 0.438. The van der Waals surface area contributed by atoms with Gasteiger partial charge in [0.05, 0.1) is 23.1 Å². The van der Waals surface area contributed by atoms with Crippen LogP contribution in [0.3, 0.4) is 0 Å². The summed E-state index contributed by atoms with van der Waals surface area (Å²) in [6.07, 6.45) is 1.73. The van der Waals surface area contributed by atoms with Crippen LogP contribution < -0.4 is 15.0 Å². The van der Waals surface area contributed by atoms with Gasteiger partial charge in [-0.15, -0.1) is 0 Å². The largest absolute Gasteiger partial charge is 0.496 e. The summed E-state index contributed by atoms with van der Waals surface area (Å²) in [5, 5.41) is 3.44. The van der Waals surface area contributed by atoms with Crippen molar-refractivity contribution >= 4 is 51.6 Å². The number of thiazole rings is 1. The van der Waals surface area contributed by atoms with Crippen LogP contribution in [0, 0.1) is 6.92 Å². The molecule has 3 heterocycles. The van der Waals surface area contributed by atoms with Crippen molar-refractivity contribution in [1.82, 2.24) is 19.7 Å². The van der Waals surface area contributed by atoms with Crippen LogP contribution in [0.15, 0.2) is 51.7 Å². The number of benzene rings is 2. The zero-order chi connectivity index (χ0) is 31.4. The topological polar surface area (TPSA) is 98.3 Å². The van der Waals surface area contributed by atoms with Gasteiger partial charge in [-0.2, -0.15) is 0 Å². The van der Waals surface area contributed by atoms with Gasteiger partial charge in [0.25, 0.3) is 11.8 Å². The molecular weight excluding hydrogens is 597 g/mol. The van der Waals surface area contributed by atoms with Crippen molar-refractivity contribution in [2.75, 3.05) is 69.7 Å². The maximum atomic E-state index is 13.5. The van der Waals surface area contributed by atoms with Crippen molar-refractivity contribution in [3.05, 3.63) is 59.3 Å². The van der Waals surface area contributed by atoms with Crippen LogP contribution in [0.1, 0.15) is 47.1 Å². The molecule has 3 amide bonds. The minimum Gasteiger partial charge on any atom is -0.496 e. The Labute approximate surface area is 267 Å². The van der Waals surface area contributed by atoms with Gasteiger partial charge in [0.15, 0.2) is 5.13 Å². The molecule has 0 saturated carbocycles. The lowest BCUT2D eigenvalue weighted by molar-refractivity contribution is -0.130. The lowest BCUT2D eigenvalue weighted by Crippen LogP contribution is -2.50. The van der Waals surface area contributed by atoms with Gasteiger partial charge in [0.2, 0.25) is 5.91 Å². The highest BCUT2D eigenvalue weighted by molar-refractivity contribution is 8.01. The third-order valence-corrected chi connectivity index (χ3v) is 10.4. The van der Waals surface area contributed by atoms with Crippen LogP contribution in [0.4, 0.5) is 10.8 Å². The van der Waals surface area contributed by atoms with Crippen LogP contribution in [0.5, 0.6) is 5.75 Å². The molecule has 0 spiro atoms. The number of aryl methyl sites for hydroxylation is 1. The second-order valence-corrected chi connectivity index (χ2v) is 13.7. The zero-order valence-corrected chi connectivity index (χ0v) is 27.6. The molecule has 2 fully saturated rings. The summed E-state index contributed by atoms with van der Waals surface area (Å²) in [6, 6.07) is 12.0. The van der Waals surface area contributed by atoms with Crippen LogP contribution in [-0.2, 0) is 4.79 Å². The highest BCUT2D eigenvalue weighted by Gasteiger charge is 2.26. The minimum absolute atomic E-state index is 0.0213. The first-order chi connectivity index (χ1) is 21.1. The summed E-state index contributed by atoms with van der Waals surface area (Å²) in [5.74, 6) is 0.221. The number of methoxy groups -OCH3 is 1. The van der Waals surface area contributed by atoms with Gasteiger partial charge in [0.1, 0.15) is 5.75 Å². The van der Waals surface area contributed by atoms with Gasteiger partial charge in [0, 0.05) is 81.5 Å². The Morgan fingerprint density at radius 1 is 0.955 bits per heavy atom. The van der Waals surface area contributed by atoms with E-state index in [0.717, 1.165) is 46.5 Å². The van der Waals surface area contributed by atoms with Crippen LogP contribution in [0.2, 0.25) is 0 Å². The molecule has 10 nitrogen and oxygen atoms in total. The van der Waals surface area contributed by atoms with Crippen LogP contribution in [-0.4, -0.2) is 103 Å². The molecule has 234 valence electrons. The molecule has 2 aliphatic heterocycles. The number of rotatable bonds is 8. The van der Waals surface area contributed by atoms with E-state index in [-0.39, 0.29) is 17.7 Å². The molecular formula is C32H40N6O4S2. The Morgan fingerprint density at radius 2 is 1.61 bits per heavy atom. The molecule has 2 aliphatic rings. The quantitative estimate of drug-likeness (QED) is 0.380. The molecule has 3 aromatic rings. The third-order valence-electron chi connectivity index (χ3n) is 8.19. The van der Waals surface area contributed by atoms with E-state index in [4.69, 9.17) is 4.74 Å². The van der Waals surface area contributed by atoms with Gasteiger partial charge in [-0.05, 0) is 62.7 Å². The first kappa shape index (κ1) is 31.8. The molecule has 2 saturated heterocycles. The average Bonchev–Trinajstić information content (AvgIpc) is 3.48. The van der Waals surface area contributed by atoms with Gasteiger partial charge < -0.3 is 19.4 Å². The van der Waals surface area contributed by atoms with E-state index in [2.05, 4.69) is 33.9 Å². The Kier molecular flexibility index (Phi) is 10.1. The molecule has 12 heteroatoms.